The fourth-order valence-electron chi connectivity index (χ4n) is 3.49. The fourth-order valence-corrected chi connectivity index (χ4v) is 3.49. The Bertz CT molecular complexity index is 1120. The van der Waals surface area contributed by atoms with Gasteiger partial charge in [-0.15, -0.1) is 0 Å². The second-order valence-electron chi connectivity index (χ2n) is 7.00. The van der Waals surface area contributed by atoms with Crippen molar-refractivity contribution in [1.82, 2.24) is 14.9 Å². The van der Waals surface area contributed by atoms with E-state index in [0.717, 1.165) is 16.5 Å². The molecule has 0 bridgehead atoms. The predicted molar refractivity (Wildman–Crippen MR) is 120 cm³/mol. The summed E-state index contributed by atoms with van der Waals surface area (Å²) < 4.78 is 1.89. The molecule has 7 heteroatoms. The highest BCUT2D eigenvalue weighted by Crippen LogP contribution is 2.20. The lowest BCUT2D eigenvalue weighted by Gasteiger charge is -2.19. The van der Waals surface area contributed by atoms with Crippen LogP contribution in [0.1, 0.15) is 30.9 Å². The summed E-state index contributed by atoms with van der Waals surface area (Å²) in [5, 5.41) is 14.4. The molecule has 7 nitrogen and oxygen atoms in total. The third kappa shape index (κ3) is 4.98. The van der Waals surface area contributed by atoms with Gasteiger partial charge < -0.3 is 9.47 Å². The number of hydrogen-bond donors (Lipinski definition) is 1. The molecular weight excluding hydrogens is 390 g/mol. The van der Waals surface area contributed by atoms with Crippen LogP contribution in [0.5, 0.6) is 0 Å². The third-order valence-corrected chi connectivity index (χ3v) is 5.14. The molecule has 3 rings (SSSR count). The van der Waals surface area contributed by atoms with E-state index in [2.05, 4.69) is 10.5 Å². The topological polar surface area (TPSA) is 90.5 Å². The molecule has 1 heterocycles. The SMILES string of the molecule is CCN(CC)C(=O)Cn1cc(/C=N\NC(=O)[C@@H](C#N)c2ccccc2)c2ccccc21. The second-order valence-corrected chi connectivity index (χ2v) is 7.00. The number of nitriles is 1. The molecule has 2 aromatic carbocycles. The largest absolute Gasteiger partial charge is 0.342 e. The van der Waals surface area contributed by atoms with Crippen LogP contribution in [0.2, 0.25) is 0 Å². The average Bonchev–Trinajstić information content (AvgIpc) is 3.13. The summed E-state index contributed by atoms with van der Waals surface area (Å²) in [6.45, 7) is 5.47. The molecule has 0 saturated heterocycles. The lowest BCUT2D eigenvalue weighted by Crippen LogP contribution is -2.33. The Labute approximate surface area is 181 Å². The molecule has 0 spiro atoms. The van der Waals surface area contributed by atoms with Crippen molar-refractivity contribution in [2.45, 2.75) is 26.3 Å². The summed E-state index contributed by atoms with van der Waals surface area (Å²) in [6, 6.07) is 18.6. The Kier molecular flexibility index (Phi) is 7.17. The Morgan fingerprint density at radius 2 is 1.81 bits per heavy atom. The van der Waals surface area contributed by atoms with Crippen molar-refractivity contribution >= 4 is 28.9 Å². The minimum Gasteiger partial charge on any atom is -0.342 e. The molecule has 3 aromatic rings. The van der Waals surface area contributed by atoms with E-state index in [4.69, 9.17) is 0 Å². The number of rotatable bonds is 8. The highest BCUT2D eigenvalue weighted by Gasteiger charge is 2.19. The molecule has 1 atom stereocenters. The number of nitrogens with zero attached hydrogens (tertiary/aromatic N) is 4. The van der Waals surface area contributed by atoms with Gasteiger partial charge in [0, 0.05) is 35.8 Å². The van der Waals surface area contributed by atoms with Gasteiger partial charge in [-0.25, -0.2) is 5.43 Å². The lowest BCUT2D eigenvalue weighted by atomic mass is 10.0. The molecule has 0 aliphatic rings. The van der Waals surface area contributed by atoms with Crippen LogP contribution in [0.3, 0.4) is 0 Å². The van der Waals surface area contributed by atoms with Crippen LogP contribution in [0.25, 0.3) is 10.9 Å². The number of para-hydroxylation sites is 1. The van der Waals surface area contributed by atoms with E-state index in [1.807, 2.05) is 61.0 Å². The van der Waals surface area contributed by atoms with E-state index < -0.39 is 11.8 Å². The van der Waals surface area contributed by atoms with Gasteiger partial charge in [-0.05, 0) is 25.5 Å². The van der Waals surface area contributed by atoms with Gasteiger partial charge in [-0.1, -0.05) is 48.5 Å². The summed E-state index contributed by atoms with van der Waals surface area (Å²) in [5.41, 5.74) is 4.76. The number of aromatic nitrogens is 1. The van der Waals surface area contributed by atoms with Crippen molar-refractivity contribution < 1.29 is 9.59 Å². The highest BCUT2D eigenvalue weighted by molar-refractivity contribution is 6.00. The van der Waals surface area contributed by atoms with Gasteiger partial charge in [0.1, 0.15) is 6.54 Å². The first-order valence-corrected chi connectivity index (χ1v) is 10.2. The molecule has 0 saturated carbocycles. The Hall–Kier alpha value is -3.92. The molecular formula is C24H25N5O2. The Morgan fingerprint density at radius 1 is 1.13 bits per heavy atom. The number of likely N-dealkylation sites (N-methyl/N-ethyl adjacent to an activating group) is 1. The number of carbonyl (C=O) groups excluding carboxylic acids is 2. The summed E-state index contributed by atoms with van der Waals surface area (Å²) in [4.78, 5) is 26.8. The van der Waals surface area contributed by atoms with Crippen LogP contribution < -0.4 is 5.43 Å². The van der Waals surface area contributed by atoms with E-state index >= 15 is 0 Å². The average molecular weight is 415 g/mol. The van der Waals surface area contributed by atoms with Crippen LogP contribution in [-0.4, -0.2) is 40.6 Å². The first-order chi connectivity index (χ1) is 15.1. The van der Waals surface area contributed by atoms with Gasteiger partial charge >= 0.3 is 0 Å². The van der Waals surface area contributed by atoms with E-state index in [1.165, 1.54) is 6.21 Å². The summed E-state index contributed by atoms with van der Waals surface area (Å²) in [7, 11) is 0. The maximum Gasteiger partial charge on any atom is 0.261 e. The summed E-state index contributed by atoms with van der Waals surface area (Å²) >= 11 is 0. The molecule has 0 fully saturated rings. The van der Waals surface area contributed by atoms with Gasteiger partial charge in [0.2, 0.25) is 5.91 Å². The predicted octanol–water partition coefficient (Wildman–Crippen LogP) is 3.27. The zero-order chi connectivity index (χ0) is 22.2. The van der Waals surface area contributed by atoms with E-state index in [1.54, 1.807) is 29.2 Å². The van der Waals surface area contributed by atoms with Crippen molar-refractivity contribution in [2.75, 3.05) is 13.1 Å². The first kappa shape index (κ1) is 21.8. The molecule has 0 aliphatic carbocycles. The van der Waals surface area contributed by atoms with Gasteiger partial charge in [0.05, 0.1) is 12.3 Å². The zero-order valence-electron chi connectivity index (χ0n) is 17.7. The van der Waals surface area contributed by atoms with Crippen molar-refractivity contribution in [2.24, 2.45) is 5.10 Å². The van der Waals surface area contributed by atoms with Crippen LogP contribution in [0, 0.1) is 11.3 Å². The molecule has 2 amide bonds. The number of nitrogens with one attached hydrogen (secondary N) is 1. The molecule has 0 aliphatic heterocycles. The molecule has 1 N–H and O–H groups in total. The third-order valence-electron chi connectivity index (χ3n) is 5.14. The van der Waals surface area contributed by atoms with Crippen LogP contribution in [-0.2, 0) is 16.1 Å². The second kappa shape index (κ2) is 10.2. The van der Waals surface area contributed by atoms with Crippen LogP contribution in [0.4, 0.5) is 0 Å². The number of carbonyl (C=O) groups is 2. The maximum absolute atomic E-state index is 12.6. The van der Waals surface area contributed by atoms with E-state index in [-0.39, 0.29) is 12.5 Å². The van der Waals surface area contributed by atoms with Crippen molar-refractivity contribution in [3.05, 3.63) is 71.9 Å². The number of fused-ring (bicyclic) bond motifs is 1. The Morgan fingerprint density at radius 3 is 2.48 bits per heavy atom. The molecule has 0 radical (unpaired) electrons. The number of hydrogen-bond acceptors (Lipinski definition) is 4. The van der Waals surface area contributed by atoms with Gasteiger partial charge in [0.15, 0.2) is 5.92 Å². The fraction of sp³-hybridized carbons (Fsp3) is 0.250. The number of hydrazone groups is 1. The molecule has 31 heavy (non-hydrogen) atoms. The zero-order valence-corrected chi connectivity index (χ0v) is 17.7. The molecule has 1 aromatic heterocycles. The summed E-state index contributed by atoms with van der Waals surface area (Å²) in [6.07, 6.45) is 3.39. The van der Waals surface area contributed by atoms with E-state index in [9.17, 15) is 14.9 Å². The Balaban J connectivity index is 1.79. The molecule has 0 unspecified atom stereocenters. The van der Waals surface area contributed by atoms with E-state index in [0.29, 0.717) is 18.7 Å². The summed E-state index contributed by atoms with van der Waals surface area (Å²) in [5.74, 6) is -1.39. The van der Waals surface area contributed by atoms with Crippen LogP contribution >= 0.6 is 0 Å². The quantitative estimate of drug-likeness (QED) is 0.452. The highest BCUT2D eigenvalue weighted by atomic mass is 16.2. The standard InChI is InChI=1S/C24H25N5O2/c1-3-28(4-2)23(30)17-29-16-19(20-12-8-9-13-22(20)29)15-26-27-24(31)21(14-25)18-10-6-5-7-11-18/h5-13,15-16,21H,3-4,17H2,1-2H3,(H,27,31)/b26-15-/t21-/m0/s1. The van der Waals surface area contributed by atoms with Crippen LogP contribution in [0.15, 0.2) is 65.9 Å². The van der Waals surface area contributed by atoms with Crippen molar-refractivity contribution in [1.29, 1.82) is 5.26 Å². The van der Waals surface area contributed by atoms with Crippen molar-refractivity contribution in [3.63, 3.8) is 0 Å². The molecule has 158 valence electrons. The van der Waals surface area contributed by atoms with Gasteiger partial charge in [-0.3, -0.25) is 9.59 Å². The van der Waals surface area contributed by atoms with Crippen molar-refractivity contribution in [3.8, 4) is 6.07 Å². The van der Waals surface area contributed by atoms with Gasteiger partial charge in [-0.2, -0.15) is 10.4 Å². The lowest BCUT2D eigenvalue weighted by molar-refractivity contribution is -0.131. The smallest absolute Gasteiger partial charge is 0.261 e. The first-order valence-electron chi connectivity index (χ1n) is 10.2. The minimum atomic E-state index is -0.939. The van der Waals surface area contributed by atoms with Gasteiger partial charge in [0.25, 0.3) is 5.91 Å². The maximum atomic E-state index is 12.6. The monoisotopic (exact) mass is 415 g/mol. The normalized spacial score (nSPS) is 11.9. The number of amides is 2. The number of benzene rings is 2. The minimum absolute atomic E-state index is 0.0438.